The van der Waals surface area contributed by atoms with Crippen molar-refractivity contribution in [3.63, 3.8) is 0 Å². The SMILES string of the molecule is CCCCCCCCCC1OCCC1N. The molecule has 0 spiro atoms. The summed E-state index contributed by atoms with van der Waals surface area (Å²) in [7, 11) is 0. The summed E-state index contributed by atoms with van der Waals surface area (Å²) in [6.45, 7) is 3.14. The van der Waals surface area contributed by atoms with Crippen LogP contribution in [0.15, 0.2) is 0 Å². The Bertz CT molecular complexity index is 149. The van der Waals surface area contributed by atoms with Crippen LogP contribution >= 0.6 is 0 Å². The lowest BCUT2D eigenvalue weighted by atomic mass is 10.0. The highest BCUT2D eigenvalue weighted by Crippen LogP contribution is 2.18. The number of hydrogen-bond donors (Lipinski definition) is 1. The maximum absolute atomic E-state index is 5.93. The molecule has 1 aliphatic heterocycles. The van der Waals surface area contributed by atoms with Crippen molar-refractivity contribution in [2.45, 2.75) is 76.9 Å². The summed E-state index contributed by atoms with van der Waals surface area (Å²) in [5, 5.41) is 0. The number of unbranched alkanes of at least 4 members (excludes halogenated alkanes) is 6. The Morgan fingerprint density at radius 3 is 2.33 bits per heavy atom. The quantitative estimate of drug-likeness (QED) is 0.628. The van der Waals surface area contributed by atoms with E-state index in [1.807, 2.05) is 0 Å². The zero-order valence-electron chi connectivity index (χ0n) is 10.2. The maximum Gasteiger partial charge on any atom is 0.0726 e. The molecule has 0 aliphatic carbocycles. The number of ether oxygens (including phenoxy) is 1. The Morgan fingerprint density at radius 1 is 1.07 bits per heavy atom. The molecule has 2 atom stereocenters. The average Bonchev–Trinajstić information content (AvgIpc) is 2.63. The first-order valence-corrected chi connectivity index (χ1v) is 6.71. The van der Waals surface area contributed by atoms with Crippen molar-refractivity contribution in [1.82, 2.24) is 0 Å². The van der Waals surface area contributed by atoms with Crippen LogP contribution in [0.5, 0.6) is 0 Å². The molecule has 0 bridgehead atoms. The molecule has 1 fully saturated rings. The molecule has 2 unspecified atom stereocenters. The summed E-state index contributed by atoms with van der Waals surface area (Å²) >= 11 is 0. The fourth-order valence-electron chi connectivity index (χ4n) is 2.27. The fourth-order valence-corrected chi connectivity index (χ4v) is 2.27. The second kappa shape index (κ2) is 8.12. The fraction of sp³-hybridized carbons (Fsp3) is 1.00. The van der Waals surface area contributed by atoms with Gasteiger partial charge in [0.25, 0.3) is 0 Å². The van der Waals surface area contributed by atoms with Crippen LogP contribution in [-0.2, 0) is 4.74 Å². The molecule has 1 rings (SSSR count). The Morgan fingerprint density at radius 2 is 1.73 bits per heavy atom. The monoisotopic (exact) mass is 213 g/mol. The van der Waals surface area contributed by atoms with Crippen molar-refractivity contribution in [3.05, 3.63) is 0 Å². The highest BCUT2D eigenvalue weighted by atomic mass is 16.5. The summed E-state index contributed by atoms with van der Waals surface area (Å²) < 4.78 is 5.59. The zero-order valence-corrected chi connectivity index (χ0v) is 10.2. The number of hydrogen-bond acceptors (Lipinski definition) is 2. The number of nitrogens with two attached hydrogens (primary N) is 1. The van der Waals surface area contributed by atoms with Gasteiger partial charge in [-0.3, -0.25) is 0 Å². The molecule has 0 radical (unpaired) electrons. The van der Waals surface area contributed by atoms with Crippen molar-refractivity contribution >= 4 is 0 Å². The molecular formula is C13H27NO. The third-order valence-electron chi connectivity index (χ3n) is 3.35. The largest absolute Gasteiger partial charge is 0.377 e. The lowest BCUT2D eigenvalue weighted by molar-refractivity contribution is 0.0949. The minimum Gasteiger partial charge on any atom is -0.377 e. The molecule has 2 heteroatoms. The van der Waals surface area contributed by atoms with Gasteiger partial charge in [0.2, 0.25) is 0 Å². The van der Waals surface area contributed by atoms with Gasteiger partial charge in [-0.25, -0.2) is 0 Å². The second-order valence-electron chi connectivity index (χ2n) is 4.77. The van der Waals surface area contributed by atoms with E-state index in [0.717, 1.165) is 13.0 Å². The van der Waals surface area contributed by atoms with E-state index in [2.05, 4.69) is 6.92 Å². The van der Waals surface area contributed by atoms with Crippen molar-refractivity contribution in [2.24, 2.45) is 5.73 Å². The van der Waals surface area contributed by atoms with E-state index in [1.54, 1.807) is 0 Å². The molecule has 1 saturated heterocycles. The van der Waals surface area contributed by atoms with Gasteiger partial charge in [-0.15, -0.1) is 0 Å². The smallest absolute Gasteiger partial charge is 0.0726 e. The molecular weight excluding hydrogens is 186 g/mol. The minimum atomic E-state index is 0.310. The van der Waals surface area contributed by atoms with Gasteiger partial charge < -0.3 is 10.5 Å². The van der Waals surface area contributed by atoms with E-state index >= 15 is 0 Å². The molecule has 1 heterocycles. The molecule has 15 heavy (non-hydrogen) atoms. The highest BCUT2D eigenvalue weighted by Gasteiger charge is 2.23. The first-order chi connectivity index (χ1) is 7.34. The number of rotatable bonds is 8. The van der Waals surface area contributed by atoms with Crippen LogP contribution in [0.4, 0.5) is 0 Å². The normalized spacial score (nSPS) is 26.0. The van der Waals surface area contributed by atoms with E-state index in [1.165, 1.54) is 51.4 Å². The Hall–Kier alpha value is -0.0800. The second-order valence-corrected chi connectivity index (χ2v) is 4.77. The Balaban J connectivity index is 1.84. The van der Waals surface area contributed by atoms with Crippen LogP contribution < -0.4 is 5.73 Å². The van der Waals surface area contributed by atoms with Gasteiger partial charge in [-0.2, -0.15) is 0 Å². The van der Waals surface area contributed by atoms with Crippen molar-refractivity contribution in [2.75, 3.05) is 6.61 Å². The zero-order chi connectivity index (χ0) is 10.9. The van der Waals surface area contributed by atoms with E-state index in [9.17, 15) is 0 Å². The maximum atomic E-state index is 5.93. The molecule has 0 aromatic heterocycles. The predicted octanol–water partition coefficient (Wildman–Crippen LogP) is 3.24. The predicted molar refractivity (Wildman–Crippen MR) is 64.9 cm³/mol. The first kappa shape index (κ1) is 13.0. The molecule has 2 N–H and O–H groups in total. The van der Waals surface area contributed by atoms with Gasteiger partial charge in [0.05, 0.1) is 6.10 Å². The van der Waals surface area contributed by atoms with Crippen LogP contribution in [0.3, 0.4) is 0 Å². The van der Waals surface area contributed by atoms with Crippen LogP contribution in [0.2, 0.25) is 0 Å². The molecule has 1 aliphatic rings. The van der Waals surface area contributed by atoms with E-state index in [4.69, 9.17) is 10.5 Å². The van der Waals surface area contributed by atoms with Gasteiger partial charge in [0.15, 0.2) is 0 Å². The van der Waals surface area contributed by atoms with Crippen molar-refractivity contribution in [3.8, 4) is 0 Å². The molecule has 0 aromatic carbocycles. The Labute approximate surface area is 94.6 Å². The van der Waals surface area contributed by atoms with Gasteiger partial charge in [-0.05, 0) is 12.8 Å². The molecule has 0 saturated carbocycles. The summed E-state index contributed by atoms with van der Waals surface area (Å²) in [5.74, 6) is 0. The van der Waals surface area contributed by atoms with Crippen LogP contribution in [0.25, 0.3) is 0 Å². The van der Waals surface area contributed by atoms with Crippen molar-refractivity contribution < 1.29 is 4.74 Å². The first-order valence-electron chi connectivity index (χ1n) is 6.71. The van der Waals surface area contributed by atoms with E-state index in [-0.39, 0.29) is 0 Å². The third-order valence-corrected chi connectivity index (χ3v) is 3.35. The van der Waals surface area contributed by atoms with Gasteiger partial charge in [-0.1, -0.05) is 51.9 Å². The van der Waals surface area contributed by atoms with Crippen molar-refractivity contribution in [1.29, 1.82) is 0 Å². The standard InChI is InChI=1S/C13H27NO/c1-2-3-4-5-6-7-8-9-13-12(14)10-11-15-13/h12-13H,2-11,14H2,1H3. The summed E-state index contributed by atoms with van der Waals surface area (Å²) in [5.41, 5.74) is 5.93. The molecule has 0 aromatic rings. The van der Waals surface area contributed by atoms with Gasteiger partial charge >= 0.3 is 0 Å². The van der Waals surface area contributed by atoms with E-state index in [0.29, 0.717) is 12.1 Å². The molecule has 0 amide bonds. The van der Waals surface area contributed by atoms with Crippen LogP contribution in [0.1, 0.15) is 64.7 Å². The third kappa shape index (κ3) is 5.53. The van der Waals surface area contributed by atoms with E-state index < -0.39 is 0 Å². The van der Waals surface area contributed by atoms with Gasteiger partial charge in [0, 0.05) is 12.6 Å². The summed E-state index contributed by atoms with van der Waals surface area (Å²) in [6, 6.07) is 0.310. The minimum absolute atomic E-state index is 0.310. The lowest BCUT2D eigenvalue weighted by Crippen LogP contribution is -2.29. The summed E-state index contributed by atoms with van der Waals surface area (Å²) in [4.78, 5) is 0. The van der Waals surface area contributed by atoms with Gasteiger partial charge in [0.1, 0.15) is 0 Å². The summed E-state index contributed by atoms with van der Waals surface area (Å²) in [6.07, 6.45) is 12.2. The highest BCUT2D eigenvalue weighted by molar-refractivity contribution is 4.78. The average molecular weight is 213 g/mol. The lowest BCUT2D eigenvalue weighted by Gasteiger charge is -2.13. The molecule has 2 nitrogen and oxygen atoms in total. The Kier molecular flexibility index (Phi) is 7.03. The topological polar surface area (TPSA) is 35.2 Å². The molecule has 90 valence electrons. The van der Waals surface area contributed by atoms with Crippen LogP contribution in [0, 0.1) is 0 Å². The van der Waals surface area contributed by atoms with Crippen LogP contribution in [-0.4, -0.2) is 18.8 Å².